The zero-order chi connectivity index (χ0) is 13.0. The third-order valence-electron chi connectivity index (χ3n) is 2.84. The summed E-state index contributed by atoms with van der Waals surface area (Å²) in [7, 11) is 0. The lowest BCUT2D eigenvalue weighted by Crippen LogP contribution is -2.27. The smallest absolute Gasteiger partial charge is 0.354 e. The number of carbonyl (C=O) groups is 1. The number of carboxylic acid groups (broad SMARTS) is 1. The summed E-state index contributed by atoms with van der Waals surface area (Å²) in [6, 6.07) is 1.45. The van der Waals surface area contributed by atoms with E-state index in [4.69, 9.17) is 9.84 Å². The molecule has 0 aliphatic carbocycles. The molecule has 2 N–H and O–H groups in total. The van der Waals surface area contributed by atoms with Crippen molar-refractivity contribution in [1.29, 1.82) is 0 Å². The molecule has 2 rings (SSSR count). The normalized spacial score (nSPS) is 19.5. The summed E-state index contributed by atoms with van der Waals surface area (Å²) in [5.74, 6) is -0.695. The van der Waals surface area contributed by atoms with Gasteiger partial charge in [-0.1, -0.05) is 0 Å². The van der Waals surface area contributed by atoms with Gasteiger partial charge in [0.05, 0.1) is 6.10 Å². The molecule has 0 amide bonds. The van der Waals surface area contributed by atoms with E-state index in [1.807, 2.05) is 0 Å². The first kappa shape index (κ1) is 12.8. The molecule has 6 nitrogen and oxygen atoms in total. The Bertz CT molecular complexity index is 431. The minimum atomic E-state index is -1.04. The molecule has 1 aliphatic heterocycles. The Morgan fingerprint density at radius 2 is 2.39 bits per heavy atom. The second-order valence-electron chi connectivity index (χ2n) is 4.39. The van der Waals surface area contributed by atoms with Gasteiger partial charge in [-0.3, -0.25) is 0 Å². The first-order valence-corrected chi connectivity index (χ1v) is 6.09. The molecule has 0 aromatic carbocycles. The first-order chi connectivity index (χ1) is 8.65. The SMILES string of the molecule is Cc1cc(C(=O)O)nc(NCC2CCCCO2)n1. The Balaban J connectivity index is 1.97. The lowest BCUT2D eigenvalue weighted by molar-refractivity contribution is 0.0246. The summed E-state index contributed by atoms with van der Waals surface area (Å²) in [6.07, 6.45) is 3.46. The number of rotatable bonds is 4. The number of hydrogen-bond donors (Lipinski definition) is 2. The van der Waals surface area contributed by atoms with E-state index in [9.17, 15) is 4.79 Å². The third-order valence-corrected chi connectivity index (χ3v) is 2.84. The predicted octanol–water partition coefficient (Wildman–Crippen LogP) is 1.46. The van der Waals surface area contributed by atoms with Gasteiger partial charge in [0.1, 0.15) is 0 Å². The monoisotopic (exact) mass is 251 g/mol. The van der Waals surface area contributed by atoms with E-state index in [1.54, 1.807) is 6.92 Å². The quantitative estimate of drug-likeness (QED) is 0.842. The van der Waals surface area contributed by atoms with Gasteiger partial charge in [-0.15, -0.1) is 0 Å². The minimum Gasteiger partial charge on any atom is -0.477 e. The van der Waals surface area contributed by atoms with Crippen LogP contribution in [-0.2, 0) is 4.74 Å². The predicted molar refractivity (Wildman–Crippen MR) is 65.8 cm³/mol. The standard InChI is InChI=1S/C12H17N3O3/c1-8-6-10(11(16)17)15-12(14-8)13-7-9-4-2-3-5-18-9/h6,9H,2-5,7H2,1H3,(H,16,17)(H,13,14,15). The second kappa shape index (κ2) is 5.77. The number of nitrogens with one attached hydrogen (secondary N) is 1. The van der Waals surface area contributed by atoms with Crippen molar-refractivity contribution in [3.8, 4) is 0 Å². The van der Waals surface area contributed by atoms with E-state index in [1.165, 1.54) is 12.5 Å². The minimum absolute atomic E-state index is 0.00885. The van der Waals surface area contributed by atoms with Gasteiger partial charge in [0, 0.05) is 18.8 Å². The molecule has 1 aromatic heterocycles. The van der Waals surface area contributed by atoms with Crippen molar-refractivity contribution in [3.63, 3.8) is 0 Å². The number of ether oxygens (including phenoxy) is 1. The van der Waals surface area contributed by atoms with E-state index in [-0.39, 0.29) is 11.8 Å². The van der Waals surface area contributed by atoms with E-state index >= 15 is 0 Å². The van der Waals surface area contributed by atoms with Crippen LogP contribution in [0.25, 0.3) is 0 Å². The van der Waals surface area contributed by atoms with E-state index < -0.39 is 5.97 Å². The lowest BCUT2D eigenvalue weighted by atomic mass is 10.1. The molecule has 1 aliphatic rings. The molecule has 1 saturated heterocycles. The van der Waals surface area contributed by atoms with Crippen LogP contribution in [0.3, 0.4) is 0 Å². The first-order valence-electron chi connectivity index (χ1n) is 6.09. The fourth-order valence-corrected chi connectivity index (χ4v) is 1.93. The summed E-state index contributed by atoms with van der Waals surface area (Å²) < 4.78 is 5.57. The molecule has 0 bridgehead atoms. The van der Waals surface area contributed by atoms with Crippen molar-refractivity contribution in [3.05, 3.63) is 17.5 Å². The largest absolute Gasteiger partial charge is 0.477 e. The summed E-state index contributed by atoms with van der Waals surface area (Å²) >= 11 is 0. The van der Waals surface area contributed by atoms with Gasteiger partial charge < -0.3 is 15.2 Å². The van der Waals surface area contributed by atoms with Crippen molar-refractivity contribution in [1.82, 2.24) is 9.97 Å². The van der Waals surface area contributed by atoms with Crippen LogP contribution in [-0.4, -0.2) is 40.3 Å². The molecule has 98 valence electrons. The molecule has 1 aromatic rings. The number of aryl methyl sites for hydroxylation is 1. The maximum atomic E-state index is 10.9. The number of carboxylic acids is 1. The average Bonchev–Trinajstić information content (AvgIpc) is 2.37. The highest BCUT2D eigenvalue weighted by Crippen LogP contribution is 2.13. The van der Waals surface area contributed by atoms with Crippen LogP contribution in [0, 0.1) is 6.92 Å². The van der Waals surface area contributed by atoms with Gasteiger partial charge in [0.25, 0.3) is 0 Å². The number of anilines is 1. The highest BCUT2D eigenvalue weighted by Gasteiger charge is 2.14. The molecular formula is C12H17N3O3. The zero-order valence-electron chi connectivity index (χ0n) is 10.3. The van der Waals surface area contributed by atoms with Crippen LogP contribution < -0.4 is 5.32 Å². The summed E-state index contributed by atoms with van der Waals surface area (Å²) in [6.45, 7) is 3.15. The fraction of sp³-hybridized carbons (Fsp3) is 0.583. The van der Waals surface area contributed by atoms with Gasteiger partial charge in [0.2, 0.25) is 5.95 Å². The molecule has 1 unspecified atom stereocenters. The third kappa shape index (κ3) is 3.40. The highest BCUT2D eigenvalue weighted by molar-refractivity contribution is 5.85. The highest BCUT2D eigenvalue weighted by atomic mass is 16.5. The van der Waals surface area contributed by atoms with E-state index in [0.717, 1.165) is 19.4 Å². The van der Waals surface area contributed by atoms with Crippen LogP contribution >= 0.6 is 0 Å². The van der Waals surface area contributed by atoms with E-state index in [2.05, 4.69) is 15.3 Å². The molecular weight excluding hydrogens is 234 g/mol. The van der Waals surface area contributed by atoms with Crippen LogP contribution in [0.2, 0.25) is 0 Å². The van der Waals surface area contributed by atoms with Crippen molar-refractivity contribution in [2.75, 3.05) is 18.5 Å². The number of aromatic carboxylic acids is 1. The molecule has 18 heavy (non-hydrogen) atoms. The number of hydrogen-bond acceptors (Lipinski definition) is 5. The molecule has 0 radical (unpaired) electrons. The molecule has 1 fully saturated rings. The van der Waals surface area contributed by atoms with Crippen LogP contribution in [0.1, 0.15) is 35.4 Å². The van der Waals surface area contributed by atoms with Crippen molar-refractivity contribution >= 4 is 11.9 Å². The Morgan fingerprint density at radius 3 is 3.06 bits per heavy atom. The van der Waals surface area contributed by atoms with E-state index in [0.29, 0.717) is 18.2 Å². The second-order valence-corrected chi connectivity index (χ2v) is 4.39. The van der Waals surface area contributed by atoms with Gasteiger partial charge in [0.15, 0.2) is 5.69 Å². The Hall–Kier alpha value is -1.69. The molecule has 6 heteroatoms. The number of nitrogens with zero attached hydrogens (tertiary/aromatic N) is 2. The van der Waals surface area contributed by atoms with Crippen LogP contribution in [0.4, 0.5) is 5.95 Å². The van der Waals surface area contributed by atoms with Crippen molar-refractivity contribution in [2.45, 2.75) is 32.3 Å². The summed E-state index contributed by atoms with van der Waals surface area (Å²) in [5, 5.41) is 11.9. The molecule has 2 heterocycles. The Kier molecular flexibility index (Phi) is 4.09. The van der Waals surface area contributed by atoms with Gasteiger partial charge >= 0.3 is 5.97 Å². The fourth-order valence-electron chi connectivity index (χ4n) is 1.93. The van der Waals surface area contributed by atoms with Gasteiger partial charge in [-0.05, 0) is 32.3 Å². The Morgan fingerprint density at radius 1 is 1.56 bits per heavy atom. The average molecular weight is 251 g/mol. The lowest BCUT2D eigenvalue weighted by Gasteiger charge is -2.22. The van der Waals surface area contributed by atoms with Crippen molar-refractivity contribution < 1.29 is 14.6 Å². The maximum Gasteiger partial charge on any atom is 0.354 e. The van der Waals surface area contributed by atoms with Crippen molar-refractivity contribution in [2.24, 2.45) is 0 Å². The maximum absolute atomic E-state index is 10.9. The zero-order valence-corrected chi connectivity index (χ0v) is 10.3. The van der Waals surface area contributed by atoms with Gasteiger partial charge in [-0.25, -0.2) is 14.8 Å². The topological polar surface area (TPSA) is 84.3 Å². The summed E-state index contributed by atoms with van der Waals surface area (Å²) in [5.41, 5.74) is 0.643. The molecule has 0 saturated carbocycles. The Labute approximate surface area is 105 Å². The summed E-state index contributed by atoms with van der Waals surface area (Å²) in [4.78, 5) is 19.0. The number of aromatic nitrogens is 2. The molecule has 0 spiro atoms. The molecule has 1 atom stereocenters. The van der Waals surface area contributed by atoms with Crippen LogP contribution in [0.5, 0.6) is 0 Å². The van der Waals surface area contributed by atoms with Crippen LogP contribution in [0.15, 0.2) is 6.07 Å². The van der Waals surface area contributed by atoms with Gasteiger partial charge in [-0.2, -0.15) is 0 Å².